The van der Waals surface area contributed by atoms with Gasteiger partial charge in [0.2, 0.25) is 0 Å². The fourth-order valence-electron chi connectivity index (χ4n) is 1.37. The molecule has 0 spiro atoms. The first kappa shape index (κ1) is 19.3. The second kappa shape index (κ2) is 8.19. The number of ether oxygens (including phenoxy) is 1. The van der Waals surface area contributed by atoms with Gasteiger partial charge >= 0.3 is 13.8 Å². The van der Waals surface area contributed by atoms with E-state index in [0.717, 1.165) is 5.56 Å². The molecule has 0 fully saturated rings. The zero-order chi connectivity index (χ0) is 16.8. The minimum absolute atomic E-state index is 0.244. The van der Waals surface area contributed by atoms with Crippen LogP contribution in [-0.2, 0) is 18.6 Å². The van der Waals surface area contributed by atoms with E-state index in [9.17, 15) is 9.36 Å². The van der Waals surface area contributed by atoms with Crippen LogP contribution in [0.5, 0.6) is 0 Å². The standard InChI is InChI=1S/C13H17O6PS2/c1-13(2,12(14)18-8-9-19-20(15,16)17)22-11(21)10-6-4-3-5-7-10/h3-7H,8-9H2,1-2H3,(H2,15,16,17). The molecule has 1 aromatic carbocycles. The summed E-state index contributed by atoms with van der Waals surface area (Å²) in [7, 11) is -4.55. The molecule has 0 unspecified atom stereocenters. The first-order chi connectivity index (χ1) is 10.1. The van der Waals surface area contributed by atoms with Crippen LogP contribution in [0.4, 0.5) is 0 Å². The minimum Gasteiger partial charge on any atom is -0.462 e. The molecule has 0 saturated heterocycles. The zero-order valence-corrected chi connectivity index (χ0v) is 14.6. The molecule has 0 bridgehead atoms. The Bertz CT molecular complexity index is 569. The van der Waals surface area contributed by atoms with Gasteiger partial charge in [-0.3, -0.25) is 9.32 Å². The number of phosphoric ester groups is 1. The van der Waals surface area contributed by atoms with Gasteiger partial charge in [0.1, 0.15) is 11.4 Å². The van der Waals surface area contributed by atoms with Crippen LogP contribution in [-0.4, -0.2) is 37.9 Å². The summed E-state index contributed by atoms with van der Waals surface area (Å²) in [4.78, 5) is 29.0. The van der Waals surface area contributed by atoms with E-state index in [0.29, 0.717) is 4.20 Å². The third-order valence-corrected chi connectivity index (χ3v) is 4.53. The van der Waals surface area contributed by atoms with E-state index in [-0.39, 0.29) is 13.2 Å². The third-order valence-electron chi connectivity index (χ3n) is 2.42. The van der Waals surface area contributed by atoms with Crippen molar-refractivity contribution in [2.75, 3.05) is 13.2 Å². The van der Waals surface area contributed by atoms with Gasteiger partial charge in [-0.25, -0.2) is 4.57 Å². The molecule has 0 aliphatic carbocycles. The summed E-state index contributed by atoms with van der Waals surface area (Å²) in [5, 5.41) is 0. The maximum absolute atomic E-state index is 12.0. The first-order valence-corrected chi connectivity index (χ1v) is 9.03. The monoisotopic (exact) mass is 364 g/mol. The SMILES string of the molecule is CC(C)(SC(=S)c1ccccc1)C(=O)OCCOP(=O)(O)O. The Morgan fingerprint density at radius 2 is 1.86 bits per heavy atom. The number of carbonyl (C=O) groups is 1. The molecule has 22 heavy (non-hydrogen) atoms. The molecular weight excluding hydrogens is 347 g/mol. The van der Waals surface area contributed by atoms with Gasteiger partial charge in [0.15, 0.2) is 0 Å². The zero-order valence-electron chi connectivity index (χ0n) is 12.1. The van der Waals surface area contributed by atoms with E-state index in [1.807, 2.05) is 30.3 Å². The van der Waals surface area contributed by atoms with Crippen molar-refractivity contribution in [3.63, 3.8) is 0 Å². The van der Waals surface area contributed by atoms with Crippen molar-refractivity contribution in [1.29, 1.82) is 0 Å². The molecule has 0 heterocycles. The quantitative estimate of drug-likeness (QED) is 0.330. The average molecular weight is 364 g/mol. The minimum atomic E-state index is -4.55. The van der Waals surface area contributed by atoms with Crippen molar-refractivity contribution >= 4 is 42.0 Å². The first-order valence-electron chi connectivity index (χ1n) is 6.27. The molecule has 0 aliphatic heterocycles. The summed E-state index contributed by atoms with van der Waals surface area (Å²) in [6.07, 6.45) is 0. The molecule has 0 radical (unpaired) electrons. The van der Waals surface area contributed by atoms with Crippen molar-refractivity contribution in [2.45, 2.75) is 18.6 Å². The highest BCUT2D eigenvalue weighted by Crippen LogP contribution is 2.35. The van der Waals surface area contributed by atoms with Crippen molar-refractivity contribution in [3.05, 3.63) is 35.9 Å². The maximum atomic E-state index is 12.0. The molecule has 1 aromatic rings. The number of hydrogen-bond donors (Lipinski definition) is 2. The summed E-state index contributed by atoms with van der Waals surface area (Å²) in [5.74, 6) is -0.537. The summed E-state index contributed by atoms with van der Waals surface area (Å²) >= 11 is 6.49. The summed E-state index contributed by atoms with van der Waals surface area (Å²) in [5.41, 5.74) is 0.841. The Balaban J connectivity index is 2.49. The molecule has 6 nitrogen and oxygen atoms in total. The molecular formula is C13H17O6PS2. The largest absolute Gasteiger partial charge is 0.469 e. The van der Waals surface area contributed by atoms with Crippen LogP contribution in [0.2, 0.25) is 0 Å². The molecule has 9 heteroatoms. The van der Waals surface area contributed by atoms with Gasteiger partial charge in [-0.05, 0) is 19.4 Å². The van der Waals surface area contributed by atoms with E-state index in [4.69, 9.17) is 26.7 Å². The maximum Gasteiger partial charge on any atom is 0.469 e. The molecule has 2 N–H and O–H groups in total. The number of esters is 1. The van der Waals surface area contributed by atoms with Gasteiger partial charge in [0, 0.05) is 0 Å². The highest BCUT2D eigenvalue weighted by Gasteiger charge is 2.32. The van der Waals surface area contributed by atoms with Gasteiger partial charge in [-0.15, -0.1) is 0 Å². The molecule has 0 amide bonds. The van der Waals surface area contributed by atoms with Crippen molar-refractivity contribution in [2.24, 2.45) is 0 Å². The Hall–Kier alpha value is -0.760. The lowest BCUT2D eigenvalue weighted by molar-refractivity contribution is -0.146. The van der Waals surface area contributed by atoms with Crippen molar-refractivity contribution in [1.82, 2.24) is 0 Å². The van der Waals surface area contributed by atoms with Crippen LogP contribution in [0, 0.1) is 0 Å². The number of thiocarbonyl (C=S) groups is 1. The van der Waals surface area contributed by atoms with Crippen LogP contribution in [0.3, 0.4) is 0 Å². The lowest BCUT2D eigenvalue weighted by Gasteiger charge is -2.22. The Morgan fingerprint density at radius 3 is 2.41 bits per heavy atom. The van der Waals surface area contributed by atoms with Crippen LogP contribution >= 0.6 is 31.8 Å². The number of phosphoric acid groups is 1. The second-order valence-corrected chi connectivity index (χ2v) is 8.26. The average Bonchev–Trinajstić information content (AvgIpc) is 2.42. The molecule has 0 aromatic heterocycles. The Morgan fingerprint density at radius 1 is 1.27 bits per heavy atom. The van der Waals surface area contributed by atoms with Gasteiger partial charge in [-0.2, -0.15) is 0 Å². The van der Waals surface area contributed by atoms with Gasteiger partial charge in [-0.1, -0.05) is 54.3 Å². The number of carbonyl (C=O) groups excluding carboxylic acids is 1. The van der Waals surface area contributed by atoms with E-state index < -0.39 is 18.5 Å². The normalized spacial score (nSPS) is 12.0. The molecule has 0 atom stereocenters. The second-order valence-electron chi connectivity index (χ2n) is 4.73. The van der Waals surface area contributed by atoms with Crippen LogP contribution in [0.15, 0.2) is 30.3 Å². The third kappa shape index (κ3) is 7.00. The van der Waals surface area contributed by atoms with E-state index in [2.05, 4.69) is 4.52 Å². The number of rotatable bonds is 7. The Kier molecular flexibility index (Phi) is 7.18. The van der Waals surface area contributed by atoms with Gasteiger partial charge in [0.25, 0.3) is 0 Å². The predicted molar refractivity (Wildman–Crippen MR) is 88.8 cm³/mol. The van der Waals surface area contributed by atoms with Crippen molar-refractivity contribution in [3.8, 4) is 0 Å². The highest BCUT2D eigenvalue weighted by molar-refractivity contribution is 8.24. The summed E-state index contributed by atoms with van der Waals surface area (Å²) in [6, 6.07) is 9.28. The van der Waals surface area contributed by atoms with E-state index >= 15 is 0 Å². The number of thioether (sulfide) groups is 1. The fraction of sp³-hybridized carbons (Fsp3) is 0.385. The predicted octanol–water partition coefficient (Wildman–Crippen LogP) is 2.53. The highest BCUT2D eigenvalue weighted by atomic mass is 32.2. The van der Waals surface area contributed by atoms with Crippen LogP contribution in [0.25, 0.3) is 0 Å². The molecule has 122 valence electrons. The number of benzene rings is 1. The molecule has 0 aliphatic rings. The number of hydrogen-bond acceptors (Lipinski definition) is 6. The van der Waals surface area contributed by atoms with E-state index in [1.165, 1.54) is 11.8 Å². The van der Waals surface area contributed by atoms with E-state index in [1.54, 1.807) is 13.8 Å². The molecule has 0 saturated carbocycles. The van der Waals surface area contributed by atoms with Gasteiger partial charge in [0.05, 0.1) is 10.8 Å². The summed E-state index contributed by atoms with van der Waals surface area (Å²) in [6.45, 7) is 2.71. The fourth-order valence-corrected chi connectivity index (χ4v) is 3.30. The lowest BCUT2D eigenvalue weighted by Crippen LogP contribution is -2.32. The summed E-state index contributed by atoms with van der Waals surface area (Å²) < 4.78 is 19.3. The smallest absolute Gasteiger partial charge is 0.462 e. The lowest BCUT2D eigenvalue weighted by atomic mass is 10.2. The van der Waals surface area contributed by atoms with Crippen LogP contribution in [0.1, 0.15) is 19.4 Å². The van der Waals surface area contributed by atoms with Gasteiger partial charge < -0.3 is 14.5 Å². The topological polar surface area (TPSA) is 93.1 Å². The Labute approximate surface area is 138 Å². The molecule has 1 rings (SSSR count). The van der Waals surface area contributed by atoms with Crippen LogP contribution < -0.4 is 0 Å². The van der Waals surface area contributed by atoms with Crippen molar-refractivity contribution < 1.29 is 28.4 Å².